The van der Waals surface area contributed by atoms with Gasteiger partial charge in [0.15, 0.2) is 0 Å². The molecule has 1 N–H and O–H groups in total. The lowest BCUT2D eigenvalue weighted by Gasteiger charge is -2.23. The fourth-order valence-electron chi connectivity index (χ4n) is 3.98. The molecule has 34 heavy (non-hydrogen) atoms. The number of nitrogens with zero attached hydrogens (tertiary/aromatic N) is 4. The number of alkyl halides is 3. The zero-order chi connectivity index (χ0) is 24.8. The quantitative estimate of drug-likeness (QED) is 0.554. The summed E-state index contributed by atoms with van der Waals surface area (Å²) in [6.07, 6.45) is -2.80. The highest BCUT2D eigenvalue weighted by molar-refractivity contribution is 7.92. The van der Waals surface area contributed by atoms with Gasteiger partial charge in [-0.2, -0.15) is 18.2 Å². The third kappa shape index (κ3) is 4.65. The number of rotatable bonds is 5. The zero-order valence-corrected chi connectivity index (χ0v) is 19.9. The average Bonchev–Trinajstić information content (AvgIpc) is 3.18. The van der Waals surface area contributed by atoms with Gasteiger partial charge in [-0.25, -0.2) is 13.4 Å². The summed E-state index contributed by atoms with van der Waals surface area (Å²) in [6.45, 7) is 4.07. The molecule has 2 heterocycles. The Labute approximate surface area is 196 Å². The maximum Gasteiger partial charge on any atom is 0.421 e. The van der Waals surface area contributed by atoms with E-state index in [1.165, 1.54) is 11.9 Å². The highest BCUT2D eigenvalue weighted by Crippen LogP contribution is 2.40. The van der Waals surface area contributed by atoms with Crippen LogP contribution >= 0.6 is 0 Å². The molecule has 0 fully saturated rings. The summed E-state index contributed by atoms with van der Waals surface area (Å²) in [5.74, 6) is -0.224. The Hall–Kier alpha value is -3.34. The second-order valence-corrected chi connectivity index (χ2v) is 10.4. The summed E-state index contributed by atoms with van der Waals surface area (Å²) >= 11 is 0. The average molecular weight is 492 g/mol. The molecule has 0 aliphatic carbocycles. The lowest BCUT2D eigenvalue weighted by atomic mass is 10.1. The van der Waals surface area contributed by atoms with Crippen LogP contribution in [0.3, 0.4) is 0 Å². The lowest BCUT2D eigenvalue weighted by Crippen LogP contribution is -2.26. The van der Waals surface area contributed by atoms with Gasteiger partial charge in [-0.3, -0.25) is 4.31 Å². The molecule has 0 bridgehead atoms. The van der Waals surface area contributed by atoms with E-state index in [9.17, 15) is 21.6 Å². The van der Waals surface area contributed by atoms with Gasteiger partial charge >= 0.3 is 6.18 Å². The number of aromatic nitrogens is 2. The summed E-state index contributed by atoms with van der Waals surface area (Å²) < 4.78 is 66.8. The first-order valence-corrected chi connectivity index (χ1v) is 12.3. The number of fused-ring (bicyclic) bond motifs is 1. The van der Waals surface area contributed by atoms with Crippen LogP contribution in [0.4, 0.5) is 36.3 Å². The Morgan fingerprint density at radius 2 is 1.85 bits per heavy atom. The van der Waals surface area contributed by atoms with E-state index in [0.29, 0.717) is 16.9 Å². The van der Waals surface area contributed by atoms with Crippen molar-refractivity contribution in [3.8, 4) is 0 Å². The van der Waals surface area contributed by atoms with Crippen molar-refractivity contribution in [3.63, 3.8) is 0 Å². The molecule has 11 heteroatoms. The van der Waals surface area contributed by atoms with E-state index in [-0.39, 0.29) is 24.9 Å². The predicted octanol–water partition coefficient (Wildman–Crippen LogP) is 4.77. The standard InChI is InChI=1S/C23H24F3N5O2S/c1-14-8-9-19(15(2)10-14)28-22-27-11-18(23(24,25)26)21(29-22)31-12-16-6-5-7-20(17(16)13-31)30(3)34(4,32)33/h5-11H,12-13H2,1-4H3,(H,27,28,29). The maximum absolute atomic E-state index is 13.8. The minimum absolute atomic E-state index is 0.0411. The number of benzene rings is 2. The molecule has 0 atom stereocenters. The number of hydrogen-bond donors (Lipinski definition) is 1. The topological polar surface area (TPSA) is 78.4 Å². The molecule has 0 spiro atoms. The summed E-state index contributed by atoms with van der Waals surface area (Å²) in [6, 6.07) is 10.8. The molecule has 180 valence electrons. The van der Waals surface area contributed by atoms with Gasteiger partial charge < -0.3 is 10.2 Å². The van der Waals surface area contributed by atoms with Gasteiger partial charge in [0.05, 0.1) is 11.9 Å². The SMILES string of the molecule is Cc1ccc(Nc2ncc(C(F)(F)F)c(N3Cc4cccc(N(C)S(C)(=O)=O)c4C3)n2)c(C)c1. The van der Waals surface area contributed by atoms with Crippen LogP contribution < -0.4 is 14.5 Å². The lowest BCUT2D eigenvalue weighted by molar-refractivity contribution is -0.137. The largest absolute Gasteiger partial charge is 0.421 e. The monoisotopic (exact) mass is 491 g/mol. The van der Waals surface area contributed by atoms with E-state index in [1.54, 1.807) is 18.2 Å². The number of nitrogens with one attached hydrogen (secondary N) is 1. The van der Waals surface area contributed by atoms with Crippen LogP contribution in [-0.4, -0.2) is 31.7 Å². The first-order valence-electron chi connectivity index (χ1n) is 10.4. The molecule has 0 saturated heterocycles. The maximum atomic E-state index is 13.8. The van der Waals surface area contributed by atoms with E-state index < -0.39 is 21.8 Å². The Morgan fingerprint density at radius 3 is 2.50 bits per heavy atom. The Bertz CT molecular complexity index is 1360. The molecule has 2 aromatic carbocycles. The van der Waals surface area contributed by atoms with E-state index in [2.05, 4.69) is 15.3 Å². The van der Waals surface area contributed by atoms with Gasteiger partial charge in [0.25, 0.3) is 0 Å². The normalized spacial score (nSPS) is 13.7. The van der Waals surface area contributed by atoms with E-state index >= 15 is 0 Å². The van der Waals surface area contributed by atoms with Crippen LogP contribution in [0.2, 0.25) is 0 Å². The van der Waals surface area contributed by atoms with Crippen LogP contribution in [0.25, 0.3) is 0 Å². The fourth-order valence-corrected chi connectivity index (χ4v) is 4.50. The van der Waals surface area contributed by atoms with Gasteiger partial charge in [0.2, 0.25) is 16.0 Å². The van der Waals surface area contributed by atoms with Crippen LogP contribution in [0.1, 0.15) is 27.8 Å². The molecule has 4 rings (SSSR count). The molecule has 3 aromatic rings. The third-order valence-electron chi connectivity index (χ3n) is 5.80. The van der Waals surface area contributed by atoms with Crippen molar-refractivity contribution < 1.29 is 21.6 Å². The highest BCUT2D eigenvalue weighted by atomic mass is 32.2. The number of anilines is 4. The van der Waals surface area contributed by atoms with Crippen molar-refractivity contribution in [1.29, 1.82) is 0 Å². The summed E-state index contributed by atoms with van der Waals surface area (Å²) in [4.78, 5) is 9.63. The minimum Gasteiger partial charge on any atom is -0.347 e. The van der Waals surface area contributed by atoms with Crippen LogP contribution in [0.5, 0.6) is 0 Å². The summed E-state index contributed by atoms with van der Waals surface area (Å²) in [5, 5.41) is 3.01. The predicted molar refractivity (Wildman–Crippen MR) is 126 cm³/mol. The minimum atomic E-state index is -4.66. The van der Waals surface area contributed by atoms with Gasteiger partial charge in [0.1, 0.15) is 11.4 Å². The molecular weight excluding hydrogens is 467 g/mol. The van der Waals surface area contributed by atoms with Gasteiger partial charge in [-0.15, -0.1) is 0 Å². The van der Waals surface area contributed by atoms with Crippen molar-refractivity contribution in [1.82, 2.24) is 9.97 Å². The fraction of sp³-hybridized carbons (Fsp3) is 0.304. The Balaban J connectivity index is 1.73. The van der Waals surface area contributed by atoms with E-state index in [0.717, 1.165) is 33.4 Å². The number of aryl methyl sites for hydroxylation is 2. The molecule has 0 radical (unpaired) electrons. The zero-order valence-electron chi connectivity index (χ0n) is 19.1. The van der Waals surface area contributed by atoms with Gasteiger partial charge in [0, 0.05) is 37.6 Å². The van der Waals surface area contributed by atoms with Crippen LogP contribution in [-0.2, 0) is 29.3 Å². The van der Waals surface area contributed by atoms with Crippen LogP contribution in [0.15, 0.2) is 42.6 Å². The summed E-state index contributed by atoms with van der Waals surface area (Å²) in [5.41, 5.74) is 3.52. The molecule has 7 nitrogen and oxygen atoms in total. The second kappa shape index (κ2) is 8.46. The van der Waals surface area contributed by atoms with Gasteiger partial charge in [-0.1, -0.05) is 29.8 Å². The molecule has 1 aliphatic heterocycles. The number of halogens is 3. The molecule has 1 aliphatic rings. The third-order valence-corrected chi connectivity index (χ3v) is 6.99. The van der Waals surface area contributed by atoms with Crippen molar-refractivity contribution >= 4 is 33.2 Å². The van der Waals surface area contributed by atoms with Crippen molar-refractivity contribution in [2.75, 3.05) is 27.8 Å². The second-order valence-electron chi connectivity index (χ2n) is 8.37. The highest BCUT2D eigenvalue weighted by Gasteiger charge is 2.38. The molecule has 1 aromatic heterocycles. The van der Waals surface area contributed by atoms with Crippen molar-refractivity contribution in [2.45, 2.75) is 33.1 Å². The van der Waals surface area contributed by atoms with E-state index in [1.807, 2.05) is 32.0 Å². The molecule has 0 amide bonds. The molecular formula is C23H24F3N5O2S. The first kappa shape index (κ1) is 23.8. The first-order chi connectivity index (χ1) is 15.8. The number of hydrogen-bond acceptors (Lipinski definition) is 6. The molecule has 0 unspecified atom stereocenters. The van der Waals surface area contributed by atoms with Crippen molar-refractivity contribution in [3.05, 3.63) is 70.4 Å². The smallest absolute Gasteiger partial charge is 0.347 e. The number of sulfonamides is 1. The van der Waals surface area contributed by atoms with Crippen molar-refractivity contribution in [2.24, 2.45) is 0 Å². The van der Waals surface area contributed by atoms with Crippen LogP contribution in [0, 0.1) is 13.8 Å². The summed E-state index contributed by atoms with van der Waals surface area (Å²) in [7, 11) is -2.12. The Kier molecular flexibility index (Phi) is 5.92. The Morgan fingerprint density at radius 1 is 1.12 bits per heavy atom. The van der Waals surface area contributed by atoms with E-state index in [4.69, 9.17) is 0 Å². The molecule has 0 saturated carbocycles. The van der Waals surface area contributed by atoms with Gasteiger partial charge in [-0.05, 0) is 37.1 Å².